The largest absolute Gasteiger partial charge is 0.391 e. The Balaban J connectivity index is 2.09. The molecule has 0 bridgehead atoms. The average molecular weight is 396 g/mol. The molecular formula is C19H17ClF3N3O. The van der Waals surface area contributed by atoms with Crippen LogP contribution in [0.15, 0.2) is 29.1 Å². The molecule has 1 fully saturated rings. The molecule has 1 saturated carbocycles. The van der Waals surface area contributed by atoms with E-state index in [1.807, 2.05) is 6.07 Å². The first-order chi connectivity index (χ1) is 12.7. The van der Waals surface area contributed by atoms with E-state index in [1.165, 1.54) is 4.57 Å². The van der Waals surface area contributed by atoms with Crippen LogP contribution in [0, 0.1) is 24.2 Å². The molecular weight excluding hydrogens is 379 g/mol. The van der Waals surface area contributed by atoms with Gasteiger partial charge in [-0.05, 0) is 44.7 Å². The fraction of sp³-hybridized carbons (Fsp3) is 0.421. The normalized spacial score (nSPS) is 20.3. The molecule has 1 aromatic heterocycles. The number of aryl methyl sites for hydroxylation is 1. The third-order valence-corrected chi connectivity index (χ3v) is 5.48. The second-order valence-electron chi connectivity index (χ2n) is 6.73. The number of nitriles is 1. The summed E-state index contributed by atoms with van der Waals surface area (Å²) < 4.78 is 40.2. The lowest BCUT2D eigenvalue weighted by molar-refractivity contribution is -0.182. The lowest BCUT2D eigenvalue weighted by Crippen LogP contribution is -2.31. The van der Waals surface area contributed by atoms with Crippen LogP contribution in [0.1, 0.15) is 48.7 Å². The summed E-state index contributed by atoms with van der Waals surface area (Å²) in [6.07, 6.45) is -3.68. The lowest BCUT2D eigenvalue weighted by atomic mass is 9.81. The molecule has 0 aliphatic heterocycles. The first-order valence-corrected chi connectivity index (χ1v) is 8.97. The van der Waals surface area contributed by atoms with Crippen molar-refractivity contribution in [2.45, 2.75) is 44.7 Å². The maximum atomic E-state index is 13.0. The van der Waals surface area contributed by atoms with E-state index in [0.29, 0.717) is 17.2 Å². The summed E-state index contributed by atoms with van der Waals surface area (Å²) in [7, 11) is 0. The van der Waals surface area contributed by atoms with Crippen LogP contribution >= 0.6 is 11.6 Å². The third-order valence-electron chi connectivity index (χ3n) is 5.04. The minimum absolute atomic E-state index is 0.00833. The summed E-state index contributed by atoms with van der Waals surface area (Å²) in [6, 6.07) is 8.56. The van der Waals surface area contributed by atoms with E-state index in [4.69, 9.17) is 11.6 Å². The van der Waals surface area contributed by atoms with Crippen LogP contribution in [0.3, 0.4) is 0 Å². The second kappa shape index (κ2) is 7.35. The molecule has 4 nitrogen and oxygen atoms in total. The zero-order valence-electron chi connectivity index (χ0n) is 14.6. The molecule has 0 saturated heterocycles. The van der Waals surface area contributed by atoms with Gasteiger partial charge < -0.3 is 0 Å². The Morgan fingerprint density at radius 3 is 2.44 bits per heavy atom. The van der Waals surface area contributed by atoms with Crippen LogP contribution < -0.4 is 5.56 Å². The van der Waals surface area contributed by atoms with Crippen molar-refractivity contribution in [3.05, 3.63) is 56.7 Å². The number of hydrogen-bond acceptors (Lipinski definition) is 3. The van der Waals surface area contributed by atoms with E-state index in [2.05, 4.69) is 4.98 Å². The number of benzene rings is 1. The summed E-state index contributed by atoms with van der Waals surface area (Å²) in [5.41, 5.74) is 0.430. The molecule has 1 aliphatic carbocycles. The van der Waals surface area contributed by atoms with Crippen molar-refractivity contribution in [2.24, 2.45) is 5.92 Å². The van der Waals surface area contributed by atoms with Gasteiger partial charge in [-0.15, -0.1) is 0 Å². The monoisotopic (exact) mass is 395 g/mol. The number of alkyl halides is 3. The summed E-state index contributed by atoms with van der Waals surface area (Å²) in [4.78, 5) is 17.3. The van der Waals surface area contributed by atoms with E-state index in [9.17, 15) is 23.2 Å². The molecule has 2 aromatic rings. The highest BCUT2D eigenvalue weighted by molar-refractivity contribution is 6.31. The molecule has 0 N–H and O–H groups in total. The maximum Gasteiger partial charge on any atom is 0.391 e. The fourth-order valence-electron chi connectivity index (χ4n) is 3.58. The topological polar surface area (TPSA) is 58.7 Å². The SMILES string of the molecule is Cc1nc(C2CCC(C(F)(F)F)CC2)n(-c2ccccc2C#N)c(=O)c1Cl. The van der Waals surface area contributed by atoms with Crippen molar-refractivity contribution in [3.63, 3.8) is 0 Å². The zero-order valence-corrected chi connectivity index (χ0v) is 15.3. The van der Waals surface area contributed by atoms with Gasteiger partial charge in [0.2, 0.25) is 0 Å². The van der Waals surface area contributed by atoms with E-state index >= 15 is 0 Å². The Morgan fingerprint density at radius 2 is 1.85 bits per heavy atom. The van der Waals surface area contributed by atoms with Gasteiger partial charge in [0.25, 0.3) is 5.56 Å². The second-order valence-corrected chi connectivity index (χ2v) is 7.11. The van der Waals surface area contributed by atoms with Crippen LogP contribution in [-0.2, 0) is 0 Å². The molecule has 27 heavy (non-hydrogen) atoms. The molecule has 0 atom stereocenters. The van der Waals surface area contributed by atoms with E-state index < -0.39 is 17.7 Å². The van der Waals surface area contributed by atoms with Gasteiger partial charge in [-0.1, -0.05) is 23.7 Å². The Bertz CT molecular complexity index is 954. The van der Waals surface area contributed by atoms with E-state index in [0.717, 1.165) is 0 Å². The van der Waals surface area contributed by atoms with Crippen molar-refractivity contribution in [1.82, 2.24) is 9.55 Å². The molecule has 1 heterocycles. The van der Waals surface area contributed by atoms with Crippen LogP contribution in [0.5, 0.6) is 0 Å². The van der Waals surface area contributed by atoms with Gasteiger partial charge >= 0.3 is 6.18 Å². The Kier molecular flexibility index (Phi) is 5.29. The Morgan fingerprint density at radius 1 is 1.22 bits per heavy atom. The maximum absolute atomic E-state index is 13.0. The van der Waals surface area contributed by atoms with Crippen molar-refractivity contribution in [1.29, 1.82) is 5.26 Å². The summed E-state index contributed by atoms with van der Waals surface area (Å²) in [6.45, 7) is 1.59. The first kappa shape index (κ1) is 19.4. The van der Waals surface area contributed by atoms with Crippen LogP contribution in [0.25, 0.3) is 5.69 Å². The number of rotatable bonds is 2. The highest BCUT2D eigenvalue weighted by atomic mass is 35.5. The van der Waals surface area contributed by atoms with E-state index in [-0.39, 0.29) is 42.2 Å². The standard InChI is InChI=1S/C19H17ClF3N3O/c1-11-16(20)18(27)26(15-5-3-2-4-13(15)10-24)17(25-11)12-6-8-14(9-7-12)19(21,22)23/h2-5,12,14H,6-9H2,1H3. The predicted octanol–water partition coefficient (Wildman–Crippen LogP) is 4.90. The highest BCUT2D eigenvalue weighted by Crippen LogP contribution is 2.42. The molecule has 1 aromatic carbocycles. The van der Waals surface area contributed by atoms with Crippen molar-refractivity contribution >= 4 is 11.6 Å². The van der Waals surface area contributed by atoms with Gasteiger partial charge in [-0.2, -0.15) is 18.4 Å². The highest BCUT2D eigenvalue weighted by Gasteiger charge is 2.42. The number of aromatic nitrogens is 2. The zero-order chi connectivity index (χ0) is 19.8. The summed E-state index contributed by atoms with van der Waals surface area (Å²) in [5.74, 6) is -1.27. The minimum atomic E-state index is -4.21. The van der Waals surface area contributed by atoms with Gasteiger partial charge in [0.05, 0.1) is 22.9 Å². The fourth-order valence-corrected chi connectivity index (χ4v) is 3.70. The van der Waals surface area contributed by atoms with Gasteiger partial charge in [0, 0.05) is 5.92 Å². The minimum Gasteiger partial charge on any atom is -0.267 e. The molecule has 8 heteroatoms. The van der Waals surface area contributed by atoms with Gasteiger partial charge in [0.15, 0.2) is 0 Å². The molecule has 0 radical (unpaired) electrons. The lowest BCUT2D eigenvalue weighted by Gasteiger charge is -2.31. The molecule has 0 spiro atoms. The summed E-state index contributed by atoms with van der Waals surface area (Å²) in [5, 5.41) is 9.32. The average Bonchev–Trinajstić information content (AvgIpc) is 2.65. The quantitative estimate of drug-likeness (QED) is 0.726. The molecule has 0 unspecified atom stereocenters. The molecule has 3 rings (SSSR count). The summed E-state index contributed by atoms with van der Waals surface area (Å²) >= 11 is 6.09. The first-order valence-electron chi connectivity index (χ1n) is 8.59. The number of para-hydroxylation sites is 1. The van der Waals surface area contributed by atoms with Gasteiger partial charge in [0.1, 0.15) is 16.9 Å². The van der Waals surface area contributed by atoms with Gasteiger partial charge in [-0.25, -0.2) is 4.98 Å². The third kappa shape index (κ3) is 3.72. The van der Waals surface area contributed by atoms with Crippen LogP contribution in [-0.4, -0.2) is 15.7 Å². The van der Waals surface area contributed by atoms with Crippen molar-refractivity contribution < 1.29 is 13.2 Å². The van der Waals surface area contributed by atoms with Gasteiger partial charge in [-0.3, -0.25) is 9.36 Å². The van der Waals surface area contributed by atoms with Crippen molar-refractivity contribution in [2.75, 3.05) is 0 Å². The Labute approximate surface area is 159 Å². The molecule has 142 valence electrons. The molecule has 0 amide bonds. The Hall–Kier alpha value is -2.33. The van der Waals surface area contributed by atoms with Crippen molar-refractivity contribution in [3.8, 4) is 11.8 Å². The van der Waals surface area contributed by atoms with Crippen LogP contribution in [0.4, 0.5) is 13.2 Å². The van der Waals surface area contributed by atoms with E-state index in [1.54, 1.807) is 31.2 Å². The van der Waals surface area contributed by atoms with Crippen LogP contribution in [0.2, 0.25) is 5.02 Å². The smallest absolute Gasteiger partial charge is 0.267 e. The number of hydrogen-bond donors (Lipinski definition) is 0. The molecule has 1 aliphatic rings. The predicted molar refractivity (Wildman–Crippen MR) is 95.1 cm³/mol. The number of halogens is 4. The number of nitrogens with zero attached hydrogens (tertiary/aromatic N) is 3.